The van der Waals surface area contributed by atoms with Crippen LogP contribution in [0, 0.1) is 10.1 Å². The summed E-state index contributed by atoms with van der Waals surface area (Å²) in [6, 6.07) is 13.2. The van der Waals surface area contributed by atoms with Gasteiger partial charge in [0.15, 0.2) is 0 Å². The maximum Gasteiger partial charge on any atom is 0.280 e. The van der Waals surface area contributed by atoms with Crippen molar-refractivity contribution in [1.82, 2.24) is 5.01 Å². The number of nitro benzene ring substituents is 1. The molecule has 4 rings (SSSR count). The topological polar surface area (TPSA) is 115 Å². The maximum atomic E-state index is 12.5. The number of hydrazine groups is 1. The average molecular weight is 365 g/mol. The predicted molar refractivity (Wildman–Crippen MR) is 92.4 cm³/mol. The van der Waals surface area contributed by atoms with Crippen LogP contribution in [0.4, 0.5) is 11.6 Å². The van der Waals surface area contributed by atoms with Gasteiger partial charge in [-0.2, -0.15) is 5.01 Å². The lowest BCUT2D eigenvalue weighted by Crippen LogP contribution is -2.35. The van der Waals surface area contributed by atoms with Crippen LogP contribution in [-0.2, 0) is 0 Å². The Balaban J connectivity index is 1.59. The first-order valence-electron chi connectivity index (χ1n) is 7.78. The average Bonchev–Trinajstić information content (AvgIpc) is 3.25. The molecule has 0 fully saturated rings. The molecule has 1 aliphatic heterocycles. The summed E-state index contributed by atoms with van der Waals surface area (Å²) >= 11 is 0. The molecule has 2 amide bonds. The molecule has 0 saturated heterocycles. The molecule has 0 unspecified atom stereocenters. The number of carbonyl (C=O) groups excluding carboxylic acids is 2. The molecule has 9 nitrogen and oxygen atoms in total. The van der Waals surface area contributed by atoms with Crippen molar-refractivity contribution in [3.63, 3.8) is 0 Å². The van der Waals surface area contributed by atoms with Crippen molar-refractivity contribution >= 4 is 23.4 Å². The highest BCUT2D eigenvalue weighted by Gasteiger charge is 2.36. The SMILES string of the molecule is O=C1c2ccc(Oc3cccc([N+](=O)[O-])c3)cc2C(=O)N1Nc1ccco1. The number of nitro groups is 1. The number of nitrogens with zero attached hydrogens (tertiary/aromatic N) is 2. The zero-order chi connectivity index (χ0) is 19.0. The minimum Gasteiger partial charge on any atom is -0.457 e. The number of ether oxygens (including phenoxy) is 1. The molecule has 1 aliphatic rings. The van der Waals surface area contributed by atoms with Crippen LogP contribution in [0.1, 0.15) is 20.7 Å². The van der Waals surface area contributed by atoms with E-state index in [0.717, 1.165) is 5.01 Å². The minimum atomic E-state index is -0.559. The summed E-state index contributed by atoms with van der Waals surface area (Å²) in [5, 5.41) is 11.7. The normalized spacial score (nSPS) is 12.8. The quantitative estimate of drug-likeness (QED) is 0.417. The van der Waals surface area contributed by atoms with Crippen molar-refractivity contribution in [1.29, 1.82) is 0 Å². The third-order valence-electron chi connectivity index (χ3n) is 3.87. The lowest BCUT2D eigenvalue weighted by molar-refractivity contribution is -0.384. The van der Waals surface area contributed by atoms with Gasteiger partial charge in [-0.3, -0.25) is 25.1 Å². The molecule has 0 bridgehead atoms. The number of fused-ring (bicyclic) bond motifs is 1. The number of nitrogens with one attached hydrogen (secondary N) is 1. The molecule has 3 aromatic rings. The standard InChI is InChI=1S/C18H11N3O6/c22-17-14-7-6-13(27-12-4-1-3-11(9-12)21(24)25)10-15(14)18(23)20(17)19-16-5-2-8-26-16/h1-10,19H. The Morgan fingerprint density at radius 1 is 0.963 bits per heavy atom. The van der Waals surface area contributed by atoms with Crippen LogP contribution < -0.4 is 10.2 Å². The molecule has 2 heterocycles. The van der Waals surface area contributed by atoms with Crippen molar-refractivity contribution in [3.8, 4) is 11.5 Å². The van der Waals surface area contributed by atoms with E-state index in [9.17, 15) is 19.7 Å². The first-order chi connectivity index (χ1) is 13.0. The molecular formula is C18H11N3O6. The van der Waals surface area contributed by atoms with Crippen molar-refractivity contribution in [2.45, 2.75) is 0 Å². The van der Waals surface area contributed by atoms with E-state index in [2.05, 4.69) is 5.43 Å². The Hall–Kier alpha value is -4.14. The summed E-state index contributed by atoms with van der Waals surface area (Å²) < 4.78 is 10.7. The van der Waals surface area contributed by atoms with Gasteiger partial charge in [0.05, 0.1) is 28.4 Å². The molecule has 2 aromatic carbocycles. The van der Waals surface area contributed by atoms with Gasteiger partial charge in [-0.1, -0.05) is 6.07 Å². The first-order valence-corrected chi connectivity index (χ1v) is 7.78. The van der Waals surface area contributed by atoms with Gasteiger partial charge in [0.25, 0.3) is 17.5 Å². The number of hydrogen-bond acceptors (Lipinski definition) is 7. The van der Waals surface area contributed by atoms with Crippen LogP contribution in [0.25, 0.3) is 0 Å². The zero-order valence-corrected chi connectivity index (χ0v) is 13.6. The molecule has 134 valence electrons. The number of amides is 2. The number of carbonyl (C=O) groups is 2. The van der Waals surface area contributed by atoms with Gasteiger partial charge < -0.3 is 9.15 Å². The van der Waals surface area contributed by atoms with E-state index < -0.39 is 16.7 Å². The second-order valence-electron chi connectivity index (χ2n) is 5.60. The van der Waals surface area contributed by atoms with Crippen LogP contribution in [-0.4, -0.2) is 21.7 Å². The van der Waals surface area contributed by atoms with Gasteiger partial charge >= 0.3 is 0 Å². The van der Waals surface area contributed by atoms with E-state index in [-0.39, 0.29) is 34.2 Å². The first kappa shape index (κ1) is 16.3. The van der Waals surface area contributed by atoms with Crippen LogP contribution in [0.5, 0.6) is 11.5 Å². The Kier molecular flexibility index (Phi) is 3.81. The molecule has 0 radical (unpaired) electrons. The highest BCUT2D eigenvalue weighted by atomic mass is 16.6. The predicted octanol–water partition coefficient (Wildman–Crippen LogP) is 3.60. The lowest BCUT2D eigenvalue weighted by atomic mass is 10.1. The van der Waals surface area contributed by atoms with Crippen LogP contribution in [0.15, 0.2) is 65.3 Å². The molecule has 0 spiro atoms. The van der Waals surface area contributed by atoms with Gasteiger partial charge in [-0.25, -0.2) is 0 Å². The Morgan fingerprint density at radius 2 is 1.74 bits per heavy atom. The summed E-state index contributed by atoms with van der Waals surface area (Å²) in [6.45, 7) is 0. The molecule has 0 atom stereocenters. The number of furan rings is 1. The highest BCUT2D eigenvalue weighted by Crippen LogP contribution is 2.30. The number of anilines is 1. The number of hydrogen-bond donors (Lipinski definition) is 1. The van der Waals surface area contributed by atoms with Crippen molar-refractivity contribution in [2.75, 3.05) is 5.43 Å². The number of benzene rings is 2. The molecule has 0 aliphatic carbocycles. The minimum absolute atomic E-state index is 0.117. The van der Waals surface area contributed by atoms with Crippen LogP contribution in [0.2, 0.25) is 0 Å². The molecule has 27 heavy (non-hydrogen) atoms. The van der Waals surface area contributed by atoms with Crippen molar-refractivity contribution in [2.24, 2.45) is 0 Å². The largest absolute Gasteiger partial charge is 0.457 e. The summed E-state index contributed by atoms with van der Waals surface area (Å²) in [4.78, 5) is 35.3. The summed E-state index contributed by atoms with van der Waals surface area (Å²) in [5.41, 5.74) is 2.86. The third-order valence-corrected chi connectivity index (χ3v) is 3.87. The second-order valence-corrected chi connectivity index (χ2v) is 5.60. The monoisotopic (exact) mass is 365 g/mol. The highest BCUT2D eigenvalue weighted by molar-refractivity contribution is 6.22. The molecule has 1 N–H and O–H groups in total. The number of imide groups is 1. The van der Waals surface area contributed by atoms with E-state index in [1.807, 2.05) is 0 Å². The molecule has 0 saturated carbocycles. The second kappa shape index (κ2) is 6.30. The Labute approximate surface area is 151 Å². The Bertz CT molecular complexity index is 1060. The van der Waals surface area contributed by atoms with E-state index in [1.165, 1.54) is 42.7 Å². The summed E-state index contributed by atoms with van der Waals surface area (Å²) in [6.07, 6.45) is 1.41. The van der Waals surface area contributed by atoms with E-state index in [0.29, 0.717) is 0 Å². The maximum absolute atomic E-state index is 12.5. The van der Waals surface area contributed by atoms with Gasteiger partial charge in [0.1, 0.15) is 11.5 Å². The summed E-state index contributed by atoms with van der Waals surface area (Å²) in [5.74, 6) is -0.316. The van der Waals surface area contributed by atoms with Crippen molar-refractivity contribution < 1.29 is 23.7 Å². The van der Waals surface area contributed by atoms with Crippen LogP contribution in [0.3, 0.4) is 0 Å². The number of non-ortho nitro benzene ring substituents is 1. The fraction of sp³-hybridized carbons (Fsp3) is 0. The van der Waals surface area contributed by atoms with Gasteiger partial charge in [-0.15, -0.1) is 0 Å². The fourth-order valence-electron chi connectivity index (χ4n) is 2.63. The smallest absolute Gasteiger partial charge is 0.280 e. The number of rotatable bonds is 5. The third kappa shape index (κ3) is 2.97. The molecule has 1 aromatic heterocycles. The fourth-order valence-corrected chi connectivity index (χ4v) is 2.63. The Morgan fingerprint density at radius 3 is 2.48 bits per heavy atom. The van der Waals surface area contributed by atoms with E-state index in [4.69, 9.17) is 9.15 Å². The van der Waals surface area contributed by atoms with Gasteiger partial charge in [0.2, 0.25) is 5.88 Å². The lowest BCUT2D eigenvalue weighted by Gasteiger charge is -2.13. The van der Waals surface area contributed by atoms with E-state index >= 15 is 0 Å². The molecular weight excluding hydrogens is 354 g/mol. The summed E-state index contributed by atoms with van der Waals surface area (Å²) in [7, 11) is 0. The van der Waals surface area contributed by atoms with Crippen LogP contribution >= 0.6 is 0 Å². The molecule has 9 heteroatoms. The van der Waals surface area contributed by atoms with Gasteiger partial charge in [-0.05, 0) is 30.3 Å². The van der Waals surface area contributed by atoms with Gasteiger partial charge in [0, 0.05) is 12.1 Å². The zero-order valence-electron chi connectivity index (χ0n) is 13.6. The van der Waals surface area contributed by atoms with E-state index in [1.54, 1.807) is 18.2 Å². The van der Waals surface area contributed by atoms with Crippen molar-refractivity contribution in [3.05, 3.63) is 82.1 Å².